The van der Waals surface area contributed by atoms with Gasteiger partial charge in [-0.1, -0.05) is 15.9 Å². The summed E-state index contributed by atoms with van der Waals surface area (Å²) in [5.74, 6) is 0.192. The molecular formula is C11H13BrO2S. The molecule has 0 aliphatic carbocycles. The van der Waals surface area contributed by atoms with Crippen molar-refractivity contribution >= 4 is 33.7 Å². The molecule has 0 N–H and O–H groups in total. The van der Waals surface area contributed by atoms with Gasteiger partial charge in [-0.05, 0) is 38.1 Å². The molecule has 0 aromatic heterocycles. The van der Waals surface area contributed by atoms with Crippen molar-refractivity contribution in [1.82, 2.24) is 0 Å². The Kier molecular flexibility index (Phi) is 5.19. The third-order valence-corrected chi connectivity index (χ3v) is 3.05. The highest BCUT2D eigenvalue weighted by Crippen LogP contribution is 2.20. The molecule has 1 aromatic rings. The lowest BCUT2D eigenvalue weighted by Gasteiger charge is -2.07. The van der Waals surface area contributed by atoms with Crippen molar-refractivity contribution in [3.05, 3.63) is 28.7 Å². The number of carbonyl (C=O) groups is 1. The van der Waals surface area contributed by atoms with Crippen molar-refractivity contribution in [3.8, 4) is 0 Å². The van der Waals surface area contributed by atoms with Gasteiger partial charge in [-0.25, -0.2) is 0 Å². The number of rotatable bonds is 4. The molecule has 0 fully saturated rings. The van der Waals surface area contributed by atoms with E-state index in [-0.39, 0.29) is 12.1 Å². The third-order valence-electron chi connectivity index (χ3n) is 1.54. The summed E-state index contributed by atoms with van der Waals surface area (Å²) in [6, 6.07) is 7.85. The van der Waals surface area contributed by atoms with E-state index in [2.05, 4.69) is 15.9 Å². The normalized spacial score (nSPS) is 10.4. The molecule has 82 valence electrons. The number of hydrogen-bond acceptors (Lipinski definition) is 3. The lowest BCUT2D eigenvalue weighted by molar-refractivity contribution is -0.144. The van der Waals surface area contributed by atoms with E-state index in [1.807, 2.05) is 38.1 Å². The fraction of sp³-hybridized carbons (Fsp3) is 0.364. The number of benzene rings is 1. The summed E-state index contributed by atoms with van der Waals surface area (Å²) in [7, 11) is 0. The molecule has 0 heterocycles. The first kappa shape index (κ1) is 12.6. The maximum Gasteiger partial charge on any atom is 0.316 e. The zero-order chi connectivity index (χ0) is 11.3. The summed E-state index contributed by atoms with van der Waals surface area (Å²) >= 11 is 4.84. The van der Waals surface area contributed by atoms with Gasteiger partial charge in [-0.2, -0.15) is 0 Å². The molecule has 1 aromatic carbocycles. The van der Waals surface area contributed by atoms with Crippen LogP contribution in [0.25, 0.3) is 0 Å². The molecule has 0 saturated heterocycles. The largest absolute Gasteiger partial charge is 0.462 e. The zero-order valence-electron chi connectivity index (χ0n) is 8.70. The molecule has 0 atom stereocenters. The number of halogens is 1. The van der Waals surface area contributed by atoms with Crippen LogP contribution in [0.4, 0.5) is 0 Å². The average molecular weight is 289 g/mol. The molecule has 0 saturated carbocycles. The Labute approximate surface area is 103 Å². The van der Waals surface area contributed by atoms with Crippen molar-refractivity contribution in [2.45, 2.75) is 24.8 Å². The van der Waals surface area contributed by atoms with Crippen molar-refractivity contribution in [3.63, 3.8) is 0 Å². The SMILES string of the molecule is CC(C)OC(=O)CSc1ccc(Br)cc1. The molecule has 4 heteroatoms. The van der Waals surface area contributed by atoms with Crippen molar-refractivity contribution < 1.29 is 9.53 Å². The highest BCUT2D eigenvalue weighted by atomic mass is 79.9. The standard InChI is InChI=1S/C11H13BrO2S/c1-8(2)14-11(13)7-15-10-5-3-9(12)4-6-10/h3-6,8H,7H2,1-2H3. The molecule has 0 aliphatic rings. The summed E-state index contributed by atoms with van der Waals surface area (Å²) in [6.45, 7) is 3.70. The van der Waals surface area contributed by atoms with E-state index in [0.717, 1.165) is 9.37 Å². The quantitative estimate of drug-likeness (QED) is 0.627. The molecule has 15 heavy (non-hydrogen) atoms. The molecule has 0 bridgehead atoms. The minimum atomic E-state index is -0.169. The monoisotopic (exact) mass is 288 g/mol. The van der Waals surface area contributed by atoms with Crippen LogP contribution in [0.1, 0.15) is 13.8 Å². The van der Waals surface area contributed by atoms with Gasteiger partial charge in [0, 0.05) is 9.37 Å². The van der Waals surface area contributed by atoms with E-state index in [0.29, 0.717) is 5.75 Å². The van der Waals surface area contributed by atoms with Crippen LogP contribution in [-0.4, -0.2) is 17.8 Å². The van der Waals surface area contributed by atoms with Crippen molar-refractivity contribution in [1.29, 1.82) is 0 Å². The molecule has 2 nitrogen and oxygen atoms in total. The summed E-state index contributed by atoms with van der Waals surface area (Å²) in [5, 5.41) is 0. The average Bonchev–Trinajstić information content (AvgIpc) is 2.16. The Hall–Kier alpha value is -0.480. The fourth-order valence-corrected chi connectivity index (χ4v) is 1.92. The number of carbonyl (C=O) groups excluding carboxylic acids is 1. The van der Waals surface area contributed by atoms with Gasteiger partial charge in [0.25, 0.3) is 0 Å². The lowest BCUT2D eigenvalue weighted by Crippen LogP contribution is -2.13. The van der Waals surface area contributed by atoms with E-state index < -0.39 is 0 Å². The third kappa shape index (κ3) is 5.23. The summed E-state index contributed by atoms with van der Waals surface area (Å²) in [6.07, 6.45) is -0.0389. The fourth-order valence-electron chi connectivity index (χ4n) is 0.970. The van der Waals surface area contributed by atoms with E-state index in [4.69, 9.17) is 4.74 Å². The second kappa shape index (κ2) is 6.18. The Balaban J connectivity index is 2.37. The smallest absolute Gasteiger partial charge is 0.316 e. The summed E-state index contributed by atoms with van der Waals surface area (Å²) in [5.41, 5.74) is 0. The van der Waals surface area contributed by atoms with E-state index >= 15 is 0 Å². The predicted molar refractivity (Wildman–Crippen MR) is 66.1 cm³/mol. The van der Waals surface area contributed by atoms with Crippen LogP contribution in [0.2, 0.25) is 0 Å². The lowest BCUT2D eigenvalue weighted by atomic mass is 10.4. The zero-order valence-corrected chi connectivity index (χ0v) is 11.1. The van der Waals surface area contributed by atoms with Crippen LogP contribution in [0.3, 0.4) is 0 Å². The summed E-state index contributed by atoms with van der Waals surface area (Å²) in [4.78, 5) is 12.3. The number of hydrogen-bond donors (Lipinski definition) is 0. The highest BCUT2D eigenvalue weighted by Gasteiger charge is 2.05. The van der Waals surface area contributed by atoms with E-state index in [9.17, 15) is 4.79 Å². The minimum absolute atomic E-state index is 0.0389. The first-order valence-corrected chi connectivity index (χ1v) is 6.43. The topological polar surface area (TPSA) is 26.3 Å². The second-order valence-corrected chi connectivity index (χ2v) is 5.25. The van der Waals surface area contributed by atoms with Gasteiger partial charge >= 0.3 is 5.97 Å². The Morgan fingerprint density at radius 2 is 2.00 bits per heavy atom. The Bertz CT molecular complexity index is 322. The number of esters is 1. The highest BCUT2D eigenvalue weighted by molar-refractivity contribution is 9.10. The van der Waals surface area contributed by atoms with Crippen LogP contribution in [0.5, 0.6) is 0 Å². The van der Waals surface area contributed by atoms with Gasteiger partial charge in [0.2, 0.25) is 0 Å². The molecule has 1 rings (SSSR count). The van der Waals surface area contributed by atoms with Crippen LogP contribution < -0.4 is 0 Å². The van der Waals surface area contributed by atoms with E-state index in [1.165, 1.54) is 11.8 Å². The first-order chi connectivity index (χ1) is 7.08. The van der Waals surface area contributed by atoms with Crippen molar-refractivity contribution in [2.24, 2.45) is 0 Å². The van der Waals surface area contributed by atoms with Gasteiger partial charge in [0.1, 0.15) is 0 Å². The Morgan fingerprint density at radius 3 is 2.53 bits per heavy atom. The van der Waals surface area contributed by atoms with Gasteiger partial charge < -0.3 is 4.74 Å². The van der Waals surface area contributed by atoms with E-state index in [1.54, 1.807) is 0 Å². The van der Waals surface area contributed by atoms with Gasteiger partial charge in [-0.15, -0.1) is 11.8 Å². The molecular weight excluding hydrogens is 276 g/mol. The van der Waals surface area contributed by atoms with Gasteiger partial charge in [-0.3, -0.25) is 4.79 Å². The molecule has 0 aliphatic heterocycles. The maximum atomic E-state index is 11.2. The first-order valence-electron chi connectivity index (χ1n) is 4.66. The Morgan fingerprint density at radius 1 is 1.40 bits per heavy atom. The number of thioether (sulfide) groups is 1. The van der Waals surface area contributed by atoms with Crippen LogP contribution in [0.15, 0.2) is 33.6 Å². The van der Waals surface area contributed by atoms with Crippen LogP contribution in [0, 0.1) is 0 Å². The van der Waals surface area contributed by atoms with Gasteiger partial charge in [0.15, 0.2) is 0 Å². The maximum absolute atomic E-state index is 11.2. The second-order valence-electron chi connectivity index (χ2n) is 3.28. The molecule has 0 amide bonds. The number of ether oxygens (including phenoxy) is 1. The predicted octanol–water partition coefficient (Wildman–Crippen LogP) is 3.49. The van der Waals surface area contributed by atoms with Crippen LogP contribution in [-0.2, 0) is 9.53 Å². The summed E-state index contributed by atoms with van der Waals surface area (Å²) < 4.78 is 6.07. The van der Waals surface area contributed by atoms with Crippen molar-refractivity contribution in [2.75, 3.05) is 5.75 Å². The molecule has 0 spiro atoms. The minimum Gasteiger partial charge on any atom is -0.462 e. The van der Waals surface area contributed by atoms with Gasteiger partial charge in [0.05, 0.1) is 11.9 Å². The van der Waals surface area contributed by atoms with Crippen LogP contribution >= 0.6 is 27.7 Å². The molecule has 0 radical (unpaired) electrons. The molecule has 0 unspecified atom stereocenters.